The molecule has 55 heavy (non-hydrogen) atoms. The molecule has 7 N–H and O–H groups in total. The topological polar surface area (TPSA) is 229 Å². The Balaban J connectivity index is 1.06. The molecule has 6 atom stereocenters. The number of hydrogen-bond donors (Lipinski definition) is 7. The largest absolute Gasteiger partial charge is 0.507 e. The van der Waals surface area contributed by atoms with Crippen molar-refractivity contribution in [1.82, 2.24) is 5.32 Å². The van der Waals surface area contributed by atoms with E-state index in [4.69, 9.17) is 14.2 Å². The van der Waals surface area contributed by atoms with Crippen LogP contribution in [0.5, 0.6) is 17.2 Å². The Labute approximate surface area is 313 Å². The van der Waals surface area contributed by atoms with E-state index in [0.29, 0.717) is 0 Å². The van der Waals surface area contributed by atoms with Gasteiger partial charge in [0.15, 0.2) is 17.9 Å². The van der Waals surface area contributed by atoms with Gasteiger partial charge in [-0.05, 0) is 35.2 Å². The van der Waals surface area contributed by atoms with Crippen molar-refractivity contribution in [2.45, 2.75) is 68.3 Å². The van der Waals surface area contributed by atoms with Crippen LogP contribution >= 0.6 is 0 Å². The number of ether oxygens (including phenoxy) is 3. The molecule has 3 aliphatic carbocycles. The monoisotopic (exact) mass is 751 g/mol. The number of ketones is 3. The van der Waals surface area contributed by atoms with E-state index in [9.17, 15) is 49.8 Å². The third-order valence-electron chi connectivity index (χ3n) is 11.2. The van der Waals surface area contributed by atoms with E-state index in [2.05, 4.69) is 5.32 Å². The molecule has 0 aromatic heterocycles. The molecule has 4 aliphatic rings. The number of amides is 1. The van der Waals surface area contributed by atoms with Gasteiger partial charge in [-0.25, -0.2) is 4.79 Å². The number of rotatable bonds is 7. The second-order valence-electron chi connectivity index (χ2n) is 14.4. The number of carbonyl (C=O) groups is 4. The summed E-state index contributed by atoms with van der Waals surface area (Å²) in [5.41, 5.74) is -0.531. The number of Topliss-reactive ketones (excluding diaryl/α,β-unsaturated/α-hetero) is 1. The van der Waals surface area contributed by atoms with Gasteiger partial charge in [-0.15, -0.1) is 0 Å². The number of fused-ring (bicyclic) bond motifs is 6. The van der Waals surface area contributed by atoms with Crippen LogP contribution in [0.1, 0.15) is 85.9 Å². The highest BCUT2D eigenvalue weighted by Crippen LogP contribution is 2.52. The minimum Gasteiger partial charge on any atom is -0.507 e. The summed E-state index contributed by atoms with van der Waals surface area (Å²) >= 11 is 0. The predicted molar refractivity (Wildman–Crippen MR) is 191 cm³/mol. The van der Waals surface area contributed by atoms with Crippen molar-refractivity contribution in [3.8, 4) is 28.4 Å². The zero-order chi connectivity index (χ0) is 38.9. The van der Waals surface area contributed by atoms with E-state index in [1.807, 2.05) is 48.5 Å². The number of hydrogen-bond acceptors (Lipinski definition) is 13. The van der Waals surface area contributed by atoms with Crippen LogP contribution in [0, 0.1) is 0 Å². The molecule has 1 aliphatic heterocycles. The predicted octanol–water partition coefficient (Wildman–Crippen LogP) is 3.28. The van der Waals surface area contributed by atoms with Gasteiger partial charge in [0.2, 0.25) is 5.78 Å². The molecule has 0 bridgehead atoms. The fraction of sp³-hybridized carbons (Fsp3) is 0.317. The van der Waals surface area contributed by atoms with Gasteiger partial charge in [-0.2, -0.15) is 0 Å². The first-order chi connectivity index (χ1) is 26.3. The van der Waals surface area contributed by atoms with E-state index in [1.165, 1.54) is 25.1 Å². The van der Waals surface area contributed by atoms with Crippen molar-refractivity contribution in [2.24, 2.45) is 0 Å². The Bertz CT molecular complexity index is 2240. The van der Waals surface area contributed by atoms with Gasteiger partial charge in [-0.3, -0.25) is 14.4 Å². The summed E-state index contributed by atoms with van der Waals surface area (Å²) in [6, 6.07) is 18.5. The highest BCUT2D eigenvalue weighted by Gasteiger charge is 2.50. The quantitative estimate of drug-likeness (QED) is 0.119. The molecule has 5 unspecified atom stereocenters. The van der Waals surface area contributed by atoms with Crippen LogP contribution in [0.3, 0.4) is 0 Å². The minimum atomic E-state index is -2.36. The fourth-order valence-electron chi connectivity index (χ4n) is 8.49. The summed E-state index contributed by atoms with van der Waals surface area (Å²) in [6.07, 6.45) is -7.20. The van der Waals surface area contributed by atoms with Gasteiger partial charge in [-0.1, -0.05) is 60.7 Å². The average molecular weight is 752 g/mol. The first-order valence-corrected chi connectivity index (χ1v) is 17.8. The van der Waals surface area contributed by atoms with Crippen LogP contribution in [0.2, 0.25) is 0 Å². The lowest BCUT2D eigenvalue weighted by molar-refractivity contribution is -0.249. The molecule has 8 rings (SSSR count). The number of phenols is 3. The maximum atomic E-state index is 13.7. The number of nitrogens with one attached hydrogen (secondary N) is 1. The Morgan fingerprint density at radius 3 is 2.18 bits per heavy atom. The molecule has 1 heterocycles. The van der Waals surface area contributed by atoms with Gasteiger partial charge < -0.3 is 50.2 Å². The minimum absolute atomic E-state index is 0.0154. The summed E-state index contributed by atoms with van der Waals surface area (Å²) in [7, 11) is 0. The summed E-state index contributed by atoms with van der Waals surface area (Å²) in [6.45, 7) is 0.456. The van der Waals surface area contributed by atoms with E-state index in [0.717, 1.165) is 22.3 Å². The van der Waals surface area contributed by atoms with E-state index < -0.39 is 108 Å². The molecule has 0 saturated carbocycles. The van der Waals surface area contributed by atoms with Crippen molar-refractivity contribution in [1.29, 1.82) is 0 Å². The smallest absolute Gasteiger partial charge is 0.407 e. The van der Waals surface area contributed by atoms with Crippen molar-refractivity contribution in [3.05, 3.63) is 111 Å². The molecule has 0 spiro atoms. The summed E-state index contributed by atoms with van der Waals surface area (Å²) in [5, 5.41) is 68.7. The standard InChI is InChI=1S/C41H37NO13/c1-18-35(46)26(42-40(51)53-17-25-21-9-4-2-7-19(21)20-8-3-5-10-22(20)25)13-30(54-18)55-28-15-41(52,29(45)16-43)14-24-32(28)39(50)34-33(37(24)48)36(47)23-11-6-12-27(44)31(23)38(34)49/h2-12,18,25-26,28,30,35,43-44,46,48,50,52H,13-17H2,1H3,(H,42,51)/t18?,26?,28?,30?,35?,41-/m0/s1. The summed E-state index contributed by atoms with van der Waals surface area (Å²) < 4.78 is 17.8. The van der Waals surface area contributed by atoms with E-state index in [1.54, 1.807) is 0 Å². The summed E-state index contributed by atoms with van der Waals surface area (Å²) in [4.78, 5) is 53.5. The molecule has 1 amide bonds. The van der Waals surface area contributed by atoms with Crippen LogP contribution in [0.15, 0.2) is 66.7 Å². The lowest BCUT2D eigenvalue weighted by Crippen LogP contribution is -2.56. The SMILES string of the molecule is CC1OC(OC2C[C@](O)(C(=O)CO)Cc3c(O)c4c(c(O)c32)C(=O)c2c(O)cccc2C4=O)CC(NC(=O)OCC2c3ccccc3-c3ccccc32)C1O. The molecule has 14 nitrogen and oxygen atoms in total. The van der Waals surface area contributed by atoms with Gasteiger partial charge >= 0.3 is 6.09 Å². The zero-order valence-electron chi connectivity index (χ0n) is 29.4. The average Bonchev–Trinajstić information content (AvgIpc) is 3.49. The highest BCUT2D eigenvalue weighted by molar-refractivity contribution is 6.31. The second-order valence-corrected chi connectivity index (χ2v) is 14.4. The maximum absolute atomic E-state index is 13.7. The Hall–Kier alpha value is -5.64. The molecular formula is C41H37NO13. The number of phenolic OH excluding ortho intramolecular Hbond substituents is 3. The third kappa shape index (κ3) is 5.84. The molecule has 1 fully saturated rings. The molecule has 4 aromatic rings. The number of aromatic hydroxyl groups is 3. The molecule has 0 radical (unpaired) electrons. The Morgan fingerprint density at radius 2 is 1.51 bits per heavy atom. The van der Waals surface area contributed by atoms with Crippen molar-refractivity contribution < 1.29 is 64.0 Å². The zero-order valence-corrected chi connectivity index (χ0v) is 29.4. The molecule has 14 heteroatoms. The highest BCUT2D eigenvalue weighted by atomic mass is 16.7. The summed E-state index contributed by atoms with van der Waals surface area (Å²) in [5.74, 6) is -5.20. The number of alkyl carbamates (subject to hydrolysis) is 1. The number of carbonyl (C=O) groups excluding carboxylic acids is 4. The van der Waals surface area contributed by atoms with Gasteiger partial charge in [0.05, 0.1) is 34.9 Å². The lowest BCUT2D eigenvalue weighted by atomic mass is 9.72. The van der Waals surface area contributed by atoms with E-state index in [-0.39, 0.29) is 41.2 Å². The second kappa shape index (κ2) is 13.6. The van der Waals surface area contributed by atoms with Crippen molar-refractivity contribution in [2.75, 3.05) is 13.2 Å². The van der Waals surface area contributed by atoms with Crippen LogP contribution < -0.4 is 5.32 Å². The van der Waals surface area contributed by atoms with Crippen LogP contribution in [-0.2, 0) is 25.4 Å². The van der Waals surface area contributed by atoms with Gasteiger partial charge in [0.25, 0.3) is 0 Å². The molecule has 1 saturated heterocycles. The Kier molecular flexibility index (Phi) is 8.98. The molecule has 284 valence electrons. The number of benzene rings is 4. The van der Waals surface area contributed by atoms with E-state index >= 15 is 0 Å². The van der Waals surface area contributed by atoms with Crippen molar-refractivity contribution in [3.63, 3.8) is 0 Å². The first-order valence-electron chi connectivity index (χ1n) is 17.8. The van der Waals surface area contributed by atoms with Crippen molar-refractivity contribution >= 4 is 23.4 Å². The number of aliphatic hydroxyl groups excluding tert-OH is 2. The van der Waals surface area contributed by atoms with Gasteiger partial charge in [0, 0.05) is 41.9 Å². The van der Waals surface area contributed by atoms with Crippen LogP contribution in [0.25, 0.3) is 11.1 Å². The number of aliphatic hydroxyl groups is 3. The lowest BCUT2D eigenvalue weighted by Gasteiger charge is -2.42. The van der Waals surface area contributed by atoms with Gasteiger partial charge in [0.1, 0.15) is 42.2 Å². The fourth-order valence-corrected chi connectivity index (χ4v) is 8.49. The normalized spacial score (nSPS) is 25.3. The maximum Gasteiger partial charge on any atom is 0.407 e. The van der Waals surface area contributed by atoms with Crippen LogP contribution in [-0.4, -0.2) is 97.4 Å². The molecule has 4 aromatic carbocycles. The van der Waals surface area contributed by atoms with Crippen LogP contribution in [0.4, 0.5) is 4.79 Å². The Morgan fingerprint density at radius 1 is 0.873 bits per heavy atom. The third-order valence-corrected chi connectivity index (χ3v) is 11.2. The first kappa shape index (κ1) is 36.3. The molecular weight excluding hydrogens is 714 g/mol.